The van der Waals surface area contributed by atoms with E-state index in [1.807, 2.05) is 0 Å². The van der Waals surface area contributed by atoms with Crippen molar-refractivity contribution in [1.29, 1.82) is 0 Å². The van der Waals surface area contributed by atoms with Gasteiger partial charge in [-0.2, -0.15) is 0 Å². The van der Waals surface area contributed by atoms with Crippen molar-refractivity contribution in [1.82, 2.24) is 0 Å². The molecule has 0 fully saturated rings. The van der Waals surface area contributed by atoms with Crippen LogP contribution in [-0.4, -0.2) is 9.79 Å². The predicted octanol–water partition coefficient (Wildman–Crippen LogP) is 4.41. The van der Waals surface area contributed by atoms with Gasteiger partial charge in [-0.05, 0) is 36.2 Å². The van der Waals surface area contributed by atoms with Gasteiger partial charge in [-0.15, -0.1) is 0 Å². The summed E-state index contributed by atoms with van der Waals surface area (Å²) in [5.74, 6) is -1.08. The summed E-state index contributed by atoms with van der Waals surface area (Å²) < 4.78 is 40.4. The molecule has 0 saturated carbocycles. The van der Waals surface area contributed by atoms with E-state index in [4.69, 9.17) is 0 Å². The first-order valence-corrected chi connectivity index (χ1v) is 9.11. The predicted molar refractivity (Wildman–Crippen MR) is 93.6 cm³/mol. The van der Waals surface area contributed by atoms with Crippen molar-refractivity contribution in [2.75, 3.05) is 0 Å². The maximum Gasteiger partial charge on any atom is 0.357 e. The molecule has 3 aromatic rings. The second-order valence-corrected chi connectivity index (χ2v) is 7.23. The molecule has 0 aliphatic carbocycles. The molecule has 0 radical (unpaired) electrons. The van der Waals surface area contributed by atoms with Crippen LogP contribution in [0.2, 0.25) is 0 Å². The average Bonchev–Trinajstić information content (AvgIpc) is 2.53. The van der Waals surface area contributed by atoms with E-state index in [1.165, 1.54) is 43.3 Å². The van der Waals surface area contributed by atoms with Gasteiger partial charge in [-0.1, -0.05) is 42.5 Å². The average molecular weight is 360 g/mol. The number of aryl methyl sites for hydroxylation is 1. The van der Waals surface area contributed by atoms with Crippen LogP contribution in [0.4, 0.5) is 8.78 Å². The van der Waals surface area contributed by atoms with Crippen LogP contribution in [0.15, 0.2) is 60.7 Å². The van der Waals surface area contributed by atoms with Gasteiger partial charge in [0.05, 0.1) is 5.30 Å². The van der Waals surface area contributed by atoms with E-state index in [0.29, 0.717) is 5.56 Å². The Kier molecular flexibility index (Phi) is 4.56. The molecule has 0 unspecified atom stereocenters. The van der Waals surface area contributed by atoms with E-state index in [2.05, 4.69) is 0 Å². The molecule has 0 bridgehead atoms. The highest BCUT2D eigenvalue weighted by Gasteiger charge is 2.27. The first-order valence-electron chi connectivity index (χ1n) is 7.49. The third-order valence-electron chi connectivity index (χ3n) is 3.94. The van der Waals surface area contributed by atoms with E-state index >= 15 is 0 Å². The third-order valence-corrected chi connectivity index (χ3v) is 5.12. The van der Waals surface area contributed by atoms with Crippen LogP contribution in [0.3, 0.4) is 0 Å². The van der Waals surface area contributed by atoms with Gasteiger partial charge < -0.3 is 9.79 Å². The molecule has 2 N–H and O–H groups in total. The van der Waals surface area contributed by atoms with Crippen LogP contribution in [0.5, 0.6) is 0 Å². The van der Waals surface area contributed by atoms with Crippen molar-refractivity contribution in [3.05, 3.63) is 77.9 Å². The van der Waals surface area contributed by atoms with Crippen LogP contribution in [0.25, 0.3) is 22.3 Å². The molecule has 3 nitrogen and oxygen atoms in total. The van der Waals surface area contributed by atoms with Gasteiger partial charge in [0.15, 0.2) is 0 Å². The second kappa shape index (κ2) is 6.52. The molecule has 0 aliphatic heterocycles. The lowest BCUT2D eigenvalue weighted by atomic mass is 9.96. The summed E-state index contributed by atoms with van der Waals surface area (Å²) >= 11 is 0. The number of hydrogen-bond donors (Lipinski definition) is 2. The molecule has 0 spiro atoms. The molecular formula is C19H15F2O3P. The molecule has 0 atom stereocenters. The molecule has 25 heavy (non-hydrogen) atoms. The summed E-state index contributed by atoms with van der Waals surface area (Å²) in [7, 11) is -4.66. The normalized spacial score (nSPS) is 11.6. The minimum Gasteiger partial charge on any atom is -0.321 e. The summed E-state index contributed by atoms with van der Waals surface area (Å²) in [4.78, 5) is 19.5. The number of hydrogen-bond acceptors (Lipinski definition) is 1. The first kappa shape index (κ1) is 17.5. The second-order valence-electron chi connectivity index (χ2n) is 5.69. The molecule has 0 amide bonds. The Morgan fingerprint density at radius 3 is 1.84 bits per heavy atom. The SMILES string of the molecule is Cc1cc(-c2ccccc2F)cc(-c2ccccc2F)c1P(=O)(O)O. The van der Waals surface area contributed by atoms with E-state index < -0.39 is 19.2 Å². The summed E-state index contributed by atoms with van der Waals surface area (Å²) in [6, 6.07) is 14.7. The highest BCUT2D eigenvalue weighted by Crippen LogP contribution is 2.41. The highest BCUT2D eigenvalue weighted by molar-refractivity contribution is 7.60. The van der Waals surface area contributed by atoms with Gasteiger partial charge in [0.2, 0.25) is 0 Å². The fourth-order valence-corrected chi connectivity index (χ4v) is 3.92. The lowest BCUT2D eigenvalue weighted by Crippen LogP contribution is -2.13. The van der Waals surface area contributed by atoms with Gasteiger partial charge in [0, 0.05) is 16.7 Å². The molecule has 0 aliphatic rings. The summed E-state index contributed by atoms with van der Waals surface area (Å²) in [6.07, 6.45) is 0. The maximum absolute atomic E-state index is 14.3. The zero-order chi connectivity index (χ0) is 18.2. The summed E-state index contributed by atoms with van der Waals surface area (Å²) in [5.41, 5.74) is 1.09. The quantitative estimate of drug-likeness (QED) is 0.680. The van der Waals surface area contributed by atoms with Gasteiger partial charge in [-0.25, -0.2) is 8.78 Å². The monoisotopic (exact) mass is 360 g/mol. The lowest BCUT2D eigenvalue weighted by Gasteiger charge is -2.17. The summed E-state index contributed by atoms with van der Waals surface area (Å²) in [6.45, 7) is 1.52. The molecular weight excluding hydrogens is 345 g/mol. The zero-order valence-corrected chi connectivity index (χ0v) is 14.2. The fourth-order valence-electron chi connectivity index (χ4n) is 2.90. The minimum absolute atomic E-state index is 0.0575. The van der Waals surface area contributed by atoms with Gasteiger partial charge in [0.1, 0.15) is 11.6 Å². The fraction of sp³-hybridized carbons (Fsp3) is 0.0526. The van der Waals surface area contributed by atoms with Crippen molar-refractivity contribution in [3.63, 3.8) is 0 Å². The molecule has 0 heterocycles. The molecule has 0 aromatic heterocycles. The number of rotatable bonds is 3. The van der Waals surface area contributed by atoms with Crippen molar-refractivity contribution in [3.8, 4) is 22.3 Å². The molecule has 6 heteroatoms. The Morgan fingerprint density at radius 1 is 0.800 bits per heavy atom. The Morgan fingerprint density at radius 2 is 1.32 bits per heavy atom. The summed E-state index contributed by atoms with van der Waals surface area (Å²) in [5, 5.41) is -0.252. The van der Waals surface area contributed by atoms with Gasteiger partial charge in [-0.3, -0.25) is 4.57 Å². The standard InChI is InChI=1S/C19H15F2O3P/c1-12-10-13(14-6-2-4-8-17(14)20)11-16(19(12)25(22,23)24)15-7-3-5-9-18(15)21/h2-11H,1H3,(H2,22,23,24). The molecule has 128 valence electrons. The van der Waals surface area contributed by atoms with Crippen molar-refractivity contribution in [2.45, 2.75) is 6.92 Å². The maximum atomic E-state index is 14.3. The minimum atomic E-state index is -4.66. The van der Waals surface area contributed by atoms with Crippen molar-refractivity contribution in [2.24, 2.45) is 0 Å². The van der Waals surface area contributed by atoms with Crippen LogP contribution < -0.4 is 5.30 Å². The molecule has 3 rings (SSSR count). The van der Waals surface area contributed by atoms with Crippen LogP contribution in [0.1, 0.15) is 5.56 Å². The van der Waals surface area contributed by atoms with Crippen molar-refractivity contribution < 1.29 is 23.1 Å². The smallest absolute Gasteiger partial charge is 0.321 e. The Bertz CT molecular complexity index is 996. The topological polar surface area (TPSA) is 57.5 Å². The van der Waals surface area contributed by atoms with Crippen LogP contribution in [-0.2, 0) is 4.57 Å². The molecule has 3 aromatic carbocycles. The van der Waals surface area contributed by atoms with Crippen LogP contribution >= 0.6 is 7.60 Å². The van der Waals surface area contributed by atoms with Crippen LogP contribution in [0, 0.1) is 18.6 Å². The lowest BCUT2D eigenvalue weighted by molar-refractivity contribution is 0.387. The van der Waals surface area contributed by atoms with E-state index in [-0.39, 0.29) is 27.6 Å². The highest BCUT2D eigenvalue weighted by atomic mass is 31.2. The van der Waals surface area contributed by atoms with Gasteiger partial charge >= 0.3 is 7.60 Å². The Balaban J connectivity index is 2.37. The Hall–Kier alpha value is -2.33. The third kappa shape index (κ3) is 3.40. The zero-order valence-electron chi connectivity index (χ0n) is 13.3. The largest absolute Gasteiger partial charge is 0.357 e. The van der Waals surface area contributed by atoms with Crippen molar-refractivity contribution >= 4 is 12.9 Å². The molecule has 0 saturated heterocycles. The number of benzene rings is 3. The van der Waals surface area contributed by atoms with Gasteiger partial charge in [0.25, 0.3) is 0 Å². The number of halogens is 2. The van der Waals surface area contributed by atoms with E-state index in [1.54, 1.807) is 24.3 Å². The van der Waals surface area contributed by atoms with E-state index in [0.717, 1.165) is 0 Å². The first-order chi connectivity index (χ1) is 11.8. The van der Waals surface area contributed by atoms with E-state index in [9.17, 15) is 23.1 Å². The Labute approximate surface area is 143 Å².